The molecule has 0 radical (unpaired) electrons. The number of allylic oxidation sites excluding steroid dienone is 1. The van der Waals surface area contributed by atoms with Gasteiger partial charge in [0.1, 0.15) is 0 Å². The second-order valence-corrected chi connectivity index (χ2v) is 3.09. The van der Waals surface area contributed by atoms with Gasteiger partial charge in [0.05, 0.1) is 0 Å². The van der Waals surface area contributed by atoms with Crippen LogP contribution in [0.1, 0.15) is 26.7 Å². The maximum Gasteiger partial charge on any atom is 0.221 e. The van der Waals surface area contributed by atoms with Crippen molar-refractivity contribution in [2.75, 3.05) is 13.6 Å². The van der Waals surface area contributed by atoms with Crippen molar-refractivity contribution in [2.45, 2.75) is 32.7 Å². The maximum atomic E-state index is 10.9. The summed E-state index contributed by atoms with van der Waals surface area (Å²) in [6.45, 7) is 4.96. The summed E-state index contributed by atoms with van der Waals surface area (Å²) >= 11 is 0. The standard InChI is InChI=1S/C10H20N2O/c1-4-5-6-7-12-9(2)8-10(13)11-3/h4-5,9,12H,6-8H2,1-3H3,(H,11,13)/b5-4+. The van der Waals surface area contributed by atoms with Gasteiger partial charge < -0.3 is 10.6 Å². The minimum absolute atomic E-state index is 0.0889. The SMILES string of the molecule is C/C=C/CCNC(C)CC(=O)NC. The van der Waals surface area contributed by atoms with Crippen LogP contribution in [0.25, 0.3) is 0 Å². The summed E-state index contributed by atoms with van der Waals surface area (Å²) in [7, 11) is 1.66. The van der Waals surface area contributed by atoms with Gasteiger partial charge in [-0.25, -0.2) is 0 Å². The number of hydrogen-bond donors (Lipinski definition) is 2. The van der Waals surface area contributed by atoms with E-state index in [1.807, 2.05) is 19.9 Å². The van der Waals surface area contributed by atoms with Gasteiger partial charge in [-0.05, 0) is 26.8 Å². The van der Waals surface area contributed by atoms with Gasteiger partial charge in [-0.1, -0.05) is 12.2 Å². The van der Waals surface area contributed by atoms with Gasteiger partial charge in [0.2, 0.25) is 5.91 Å². The largest absolute Gasteiger partial charge is 0.359 e. The van der Waals surface area contributed by atoms with Crippen LogP contribution >= 0.6 is 0 Å². The van der Waals surface area contributed by atoms with E-state index >= 15 is 0 Å². The molecule has 0 fully saturated rings. The average molecular weight is 184 g/mol. The van der Waals surface area contributed by atoms with Crippen molar-refractivity contribution in [1.29, 1.82) is 0 Å². The quantitative estimate of drug-likeness (QED) is 0.479. The van der Waals surface area contributed by atoms with E-state index in [0.717, 1.165) is 13.0 Å². The van der Waals surface area contributed by atoms with Gasteiger partial charge in [0.25, 0.3) is 0 Å². The van der Waals surface area contributed by atoms with Crippen molar-refractivity contribution in [3.63, 3.8) is 0 Å². The third-order valence-electron chi connectivity index (χ3n) is 1.81. The Hall–Kier alpha value is -0.830. The lowest BCUT2D eigenvalue weighted by Crippen LogP contribution is -2.32. The predicted molar refractivity (Wildman–Crippen MR) is 55.6 cm³/mol. The van der Waals surface area contributed by atoms with Crippen LogP contribution in [-0.2, 0) is 4.79 Å². The van der Waals surface area contributed by atoms with Gasteiger partial charge in [0, 0.05) is 19.5 Å². The lowest BCUT2D eigenvalue weighted by molar-refractivity contribution is -0.121. The molecule has 3 nitrogen and oxygen atoms in total. The van der Waals surface area contributed by atoms with Gasteiger partial charge in [-0.15, -0.1) is 0 Å². The number of carbonyl (C=O) groups is 1. The lowest BCUT2D eigenvalue weighted by atomic mass is 10.2. The molecule has 0 heterocycles. The Labute approximate surface area is 80.6 Å². The molecule has 13 heavy (non-hydrogen) atoms. The van der Waals surface area contributed by atoms with Crippen molar-refractivity contribution >= 4 is 5.91 Å². The third kappa shape index (κ3) is 7.53. The molecule has 0 aliphatic rings. The van der Waals surface area contributed by atoms with Gasteiger partial charge in [0.15, 0.2) is 0 Å². The molecule has 0 aromatic heterocycles. The number of carbonyl (C=O) groups excluding carboxylic acids is 1. The van der Waals surface area contributed by atoms with Crippen LogP contribution in [0.4, 0.5) is 0 Å². The van der Waals surface area contributed by atoms with Crippen LogP contribution in [0.2, 0.25) is 0 Å². The molecule has 2 N–H and O–H groups in total. The first-order valence-corrected chi connectivity index (χ1v) is 4.75. The van der Waals surface area contributed by atoms with Crippen LogP contribution in [0.3, 0.4) is 0 Å². The molecular weight excluding hydrogens is 164 g/mol. The number of hydrogen-bond acceptors (Lipinski definition) is 2. The highest BCUT2D eigenvalue weighted by Gasteiger charge is 2.05. The zero-order valence-electron chi connectivity index (χ0n) is 8.76. The molecule has 1 atom stereocenters. The summed E-state index contributed by atoms with van der Waals surface area (Å²) in [5.74, 6) is 0.0889. The summed E-state index contributed by atoms with van der Waals surface area (Å²) in [6.07, 6.45) is 5.71. The van der Waals surface area contributed by atoms with E-state index in [9.17, 15) is 4.79 Å². The number of nitrogens with one attached hydrogen (secondary N) is 2. The highest BCUT2D eigenvalue weighted by molar-refractivity contribution is 5.76. The Morgan fingerprint density at radius 2 is 2.23 bits per heavy atom. The molecule has 3 heteroatoms. The molecular formula is C10H20N2O. The molecule has 0 spiro atoms. The topological polar surface area (TPSA) is 41.1 Å². The molecule has 0 saturated carbocycles. The Bertz CT molecular complexity index is 166. The summed E-state index contributed by atoms with van der Waals surface area (Å²) in [6, 6.07) is 0.255. The first kappa shape index (κ1) is 12.2. The van der Waals surface area contributed by atoms with E-state index in [0.29, 0.717) is 6.42 Å². The monoisotopic (exact) mass is 184 g/mol. The van der Waals surface area contributed by atoms with E-state index in [-0.39, 0.29) is 11.9 Å². The van der Waals surface area contributed by atoms with Crippen molar-refractivity contribution in [2.24, 2.45) is 0 Å². The molecule has 0 saturated heterocycles. The van der Waals surface area contributed by atoms with E-state index in [1.165, 1.54) is 0 Å². The van der Waals surface area contributed by atoms with Crippen LogP contribution in [0, 0.1) is 0 Å². The lowest BCUT2D eigenvalue weighted by Gasteiger charge is -2.11. The molecule has 0 bridgehead atoms. The minimum Gasteiger partial charge on any atom is -0.359 e. The minimum atomic E-state index is 0.0889. The Morgan fingerprint density at radius 3 is 2.77 bits per heavy atom. The highest BCUT2D eigenvalue weighted by atomic mass is 16.1. The fourth-order valence-corrected chi connectivity index (χ4v) is 1.03. The molecule has 76 valence electrons. The fraction of sp³-hybridized carbons (Fsp3) is 0.700. The molecule has 0 aromatic rings. The van der Waals surface area contributed by atoms with Crippen molar-refractivity contribution < 1.29 is 4.79 Å². The summed E-state index contributed by atoms with van der Waals surface area (Å²) in [4.78, 5) is 10.9. The highest BCUT2D eigenvalue weighted by Crippen LogP contribution is 1.90. The van der Waals surface area contributed by atoms with Crippen molar-refractivity contribution in [3.8, 4) is 0 Å². The van der Waals surface area contributed by atoms with E-state index < -0.39 is 0 Å². The van der Waals surface area contributed by atoms with Crippen molar-refractivity contribution in [3.05, 3.63) is 12.2 Å². The Morgan fingerprint density at radius 1 is 1.54 bits per heavy atom. The summed E-state index contributed by atoms with van der Waals surface area (Å²) in [5, 5.41) is 5.88. The fourth-order valence-electron chi connectivity index (χ4n) is 1.03. The zero-order valence-corrected chi connectivity index (χ0v) is 8.76. The number of rotatable bonds is 6. The smallest absolute Gasteiger partial charge is 0.221 e. The maximum absolute atomic E-state index is 10.9. The van der Waals surface area contributed by atoms with Crippen LogP contribution in [0.5, 0.6) is 0 Å². The average Bonchev–Trinajstić information content (AvgIpc) is 2.12. The Kier molecular flexibility index (Phi) is 7.30. The van der Waals surface area contributed by atoms with Crippen LogP contribution < -0.4 is 10.6 Å². The predicted octanol–water partition coefficient (Wildman–Crippen LogP) is 1.07. The van der Waals surface area contributed by atoms with Gasteiger partial charge in [-0.2, -0.15) is 0 Å². The molecule has 0 aliphatic heterocycles. The van der Waals surface area contributed by atoms with E-state index in [2.05, 4.69) is 16.7 Å². The first-order chi connectivity index (χ1) is 6.20. The zero-order chi connectivity index (χ0) is 10.1. The molecule has 1 unspecified atom stereocenters. The third-order valence-corrected chi connectivity index (χ3v) is 1.81. The van der Waals surface area contributed by atoms with Crippen molar-refractivity contribution in [1.82, 2.24) is 10.6 Å². The summed E-state index contributed by atoms with van der Waals surface area (Å²) < 4.78 is 0. The molecule has 0 rings (SSSR count). The molecule has 1 amide bonds. The second kappa shape index (κ2) is 7.80. The second-order valence-electron chi connectivity index (χ2n) is 3.09. The van der Waals surface area contributed by atoms with Gasteiger partial charge >= 0.3 is 0 Å². The summed E-state index contributed by atoms with van der Waals surface area (Å²) in [5.41, 5.74) is 0. The van der Waals surface area contributed by atoms with E-state index in [4.69, 9.17) is 0 Å². The Balaban J connectivity index is 3.39. The first-order valence-electron chi connectivity index (χ1n) is 4.75. The van der Waals surface area contributed by atoms with Crippen LogP contribution in [-0.4, -0.2) is 25.5 Å². The molecule has 0 aromatic carbocycles. The van der Waals surface area contributed by atoms with E-state index in [1.54, 1.807) is 7.05 Å². The molecule has 0 aliphatic carbocycles. The number of amides is 1. The normalized spacial score (nSPS) is 13.2. The van der Waals surface area contributed by atoms with Crippen LogP contribution in [0.15, 0.2) is 12.2 Å². The van der Waals surface area contributed by atoms with Gasteiger partial charge in [-0.3, -0.25) is 4.79 Å².